The van der Waals surface area contributed by atoms with Crippen LogP contribution in [-0.2, 0) is 6.42 Å². The van der Waals surface area contributed by atoms with Gasteiger partial charge in [0.1, 0.15) is 11.0 Å². The van der Waals surface area contributed by atoms with E-state index in [2.05, 4.69) is 40.6 Å². The van der Waals surface area contributed by atoms with Crippen molar-refractivity contribution in [1.82, 2.24) is 4.98 Å². The third kappa shape index (κ3) is 2.91. The van der Waals surface area contributed by atoms with E-state index in [1.165, 1.54) is 5.56 Å². The molecule has 1 heterocycles. The largest absolute Gasteiger partial charge is 0.369 e. The molecule has 3 rings (SSSR count). The van der Waals surface area contributed by atoms with E-state index in [1.54, 1.807) is 0 Å². The quantitative estimate of drug-likeness (QED) is 0.711. The third-order valence-corrected chi connectivity index (χ3v) is 3.45. The van der Waals surface area contributed by atoms with Gasteiger partial charge in [0.15, 0.2) is 0 Å². The van der Waals surface area contributed by atoms with Gasteiger partial charge in [-0.15, -0.1) is 0 Å². The topological polar surface area (TPSA) is 24.9 Å². The van der Waals surface area contributed by atoms with E-state index in [1.807, 2.05) is 30.3 Å². The minimum absolute atomic E-state index is 0.519. The summed E-state index contributed by atoms with van der Waals surface area (Å²) in [6, 6.07) is 20.4. The van der Waals surface area contributed by atoms with E-state index in [-0.39, 0.29) is 0 Å². The second-order valence-electron chi connectivity index (χ2n) is 4.68. The smallest absolute Gasteiger partial charge is 0.135 e. The number of benzene rings is 2. The van der Waals surface area contributed by atoms with E-state index in [9.17, 15) is 0 Å². The summed E-state index contributed by atoms with van der Waals surface area (Å²) >= 11 is 6.07. The number of hydrogen-bond donors (Lipinski definition) is 1. The molecule has 0 aliphatic carbocycles. The first-order valence-corrected chi connectivity index (χ1v) is 7.04. The van der Waals surface area contributed by atoms with Crippen molar-refractivity contribution in [3.05, 3.63) is 71.4 Å². The fraction of sp³-hybridized carbons (Fsp3) is 0.118. The van der Waals surface area contributed by atoms with Crippen LogP contribution in [0.2, 0.25) is 5.15 Å². The molecule has 3 heteroatoms. The van der Waals surface area contributed by atoms with Gasteiger partial charge >= 0.3 is 0 Å². The van der Waals surface area contributed by atoms with Crippen molar-refractivity contribution < 1.29 is 0 Å². The van der Waals surface area contributed by atoms with Crippen molar-refractivity contribution in [2.75, 3.05) is 11.9 Å². The molecular formula is C17H15ClN2. The lowest BCUT2D eigenvalue weighted by Gasteiger charge is -2.09. The molecule has 0 amide bonds. The first-order chi connectivity index (χ1) is 9.83. The monoisotopic (exact) mass is 282 g/mol. The Morgan fingerprint density at radius 3 is 2.55 bits per heavy atom. The zero-order valence-corrected chi connectivity index (χ0v) is 11.8. The van der Waals surface area contributed by atoms with Gasteiger partial charge in [-0.2, -0.15) is 0 Å². The SMILES string of the molecule is Clc1cc2ccccc2c(NCCc2ccccc2)n1. The molecule has 1 aromatic heterocycles. The first-order valence-electron chi connectivity index (χ1n) is 6.66. The van der Waals surface area contributed by atoms with Gasteiger partial charge in [0, 0.05) is 11.9 Å². The second kappa shape index (κ2) is 5.93. The van der Waals surface area contributed by atoms with Gasteiger partial charge in [0.25, 0.3) is 0 Å². The lowest BCUT2D eigenvalue weighted by atomic mass is 10.1. The van der Waals surface area contributed by atoms with Crippen molar-refractivity contribution in [3.8, 4) is 0 Å². The average molecular weight is 283 g/mol. The summed E-state index contributed by atoms with van der Waals surface area (Å²) in [6.45, 7) is 0.835. The number of nitrogens with zero attached hydrogens (tertiary/aromatic N) is 1. The molecule has 0 aliphatic rings. The fourth-order valence-corrected chi connectivity index (χ4v) is 2.47. The number of rotatable bonds is 4. The molecule has 20 heavy (non-hydrogen) atoms. The minimum atomic E-state index is 0.519. The van der Waals surface area contributed by atoms with Gasteiger partial charge in [-0.25, -0.2) is 4.98 Å². The molecule has 0 spiro atoms. The Balaban J connectivity index is 1.77. The predicted molar refractivity (Wildman–Crippen MR) is 85.4 cm³/mol. The van der Waals surface area contributed by atoms with Gasteiger partial charge in [-0.3, -0.25) is 0 Å². The Morgan fingerprint density at radius 2 is 1.70 bits per heavy atom. The maximum atomic E-state index is 6.07. The Labute approximate surface area is 123 Å². The summed E-state index contributed by atoms with van der Waals surface area (Å²) in [7, 11) is 0. The molecule has 0 unspecified atom stereocenters. The van der Waals surface area contributed by atoms with Gasteiger partial charge in [-0.1, -0.05) is 66.2 Å². The van der Waals surface area contributed by atoms with Gasteiger partial charge in [0.05, 0.1) is 0 Å². The van der Waals surface area contributed by atoms with Crippen LogP contribution >= 0.6 is 11.6 Å². The van der Waals surface area contributed by atoms with Gasteiger partial charge in [-0.05, 0) is 23.4 Å². The number of halogens is 1. The lowest BCUT2D eigenvalue weighted by Crippen LogP contribution is -2.06. The van der Waals surface area contributed by atoms with Crippen LogP contribution in [0.1, 0.15) is 5.56 Å². The molecule has 0 radical (unpaired) electrons. The molecular weight excluding hydrogens is 268 g/mol. The molecule has 2 aromatic carbocycles. The molecule has 100 valence electrons. The van der Waals surface area contributed by atoms with Crippen LogP contribution in [0.5, 0.6) is 0 Å². The molecule has 0 bridgehead atoms. The van der Waals surface area contributed by atoms with Gasteiger partial charge in [0.2, 0.25) is 0 Å². The molecule has 0 aliphatic heterocycles. The molecule has 0 saturated carbocycles. The van der Waals surface area contributed by atoms with Crippen LogP contribution in [0, 0.1) is 0 Å². The highest BCUT2D eigenvalue weighted by Crippen LogP contribution is 2.24. The van der Waals surface area contributed by atoms with E-state index < -0.39 is 0 Å². The first kappa shape index (κ1) is 12.9. The van der Waals surface area contributed by atoms with E-state index >= 15 is 0 Å². The van der Waals surface area contributed by atoms with Crippen molar-refractivity contribution >= 4 is 28.2 Å². The number of aromatic nitrogens is 1. The number of nitrogens with one attached hydrogen (secondary N) is 1. The number of fused-ring (bicyclic) bond motifs is 1. The summed E-state index contributed by atoms with van der Waals surface area (Å²) in [5.74, 6) is 0.851. The van der Waals surface area contributed by atoms with Crippen molar-refractivity contribution in [1.29, 1.82) is 0 Å². The van der Waals surface area contributed by atoms with Crippen LogP contribution in [0.4, 0.5) is 5.82 Å². The van der Waals surface area contributed by atoms with Crippen molar-refractivity contribution in [2.24, 2.45) is 0 Å². The average Bonchev–Trinajstić information content (AvgIpc) is 2.48. The zero-order valence-electron chi connectivity index (χ0n) is 11.0. The van der Waals surface area contributed by atoms with Crippen LogP contribution in [0.3, 0.4) is 0 Å². The van der Waals surface area contributed by atoms with E-state index in [4.69, 9.17) is 11.6 Å². The maximum absolute atomic E-state index is 6.07. The highest BCUT2D eigenvalue weighted by molar-refractivity contribution is 6.30. The molecule has 3 aromatic rings. The number of anilines is 1. The Kier molecular flexibility index (Phi) is 3.84. The second-order valence-corrected chi connectivity index (χ2v) is 5.06. The Hall–Kier alpha value is -2.06. The zero-order chi connectivity index (χ0) is 13.8. The predicted octanol–water partition coefficient (Wildman–Crippen LogP) is 4.54. The van der Waals surface area contributed by atoms with Gasteiger partial charge < -0.3 is 5.32 Å². The van der Waals surface area contributed by atoms with Crippen molar-refractivity contribution in [3.63, 3.8) is 0 Å². The number of hydrogen-bond acceptors (Lipinski definition) is 2. The summed E-state index contributed by atoms with van der Waals surface area (Å²) in [5, 5.41) is 6.11. The van der Waals surface area contributed by atoms with E-state index in [0.717, 1.165) is 29.6 Å². The summed E-state index contributed by atoms with van der Waals surface area (Å²) in [4.78, 5) is 4.39. The number of pyridine rings is 1. The van der Waals surface area contributed by atoms with Crippen LogP contribution in [0.25, 0.3) is 10.8 Å². The molecule has 0 atom stereocenters. The summed E-state index contributed by atoms with van der Waals surface area (Å²) < 4.78 is 0. The molecule has 0 fully saturated rings. The van der Waals surface area contributed by atoms with E-state index in [0.29, 0.717) is 5.15 Å². The Morgan fingerprint density at radius 1 is 0.950 bits per heavy atom. The highest BCUT2D eigenvalue weighted by atomic mass is 35.5. The molecule has 0 saturated heterocycles. The lowest BCUT2D eigenvalue weighted by molar-refractivity contribution is 1.01. The van der Waals surface area contributed by atoms with Crippen LogP contribution in [0.15, 0.2) is 60.7 Å². The molecule has 1 N–H and O–H groups in total. The summed E-state index contributed by atoms with van der Waals surface area (Å²) in [5.41, 5.74) is 1.31. The standard InChI is InChI=1S/C17H15ClN2/c18-16-12-14-8-4-5-9-15(14)17(20-16)19-11-10-13-6-2-1-3-7-13/h1-9,12H,10-11H2,(H,19,20). The normalized spacial score (nSPS) is 10.7. The molecule has 2 nitrogen and oxygen atoms in total. The Bertz CT molecular complexity index is 711. The minimum Gasteiger partial charge on any atom is -0.369 e. The maximum Gasteiger partial charge on any atom is 0.135 e. The van der Waals surface area contributed by atoms with Crippen LogP contribution in [-0.4, -0.2) is 11.5 Å². The van der Waals surface area contributed by atoms with Crippen LogP contribution < -0.4 is 5.32 Å². The third-order valence-electron chi connectivity index (χ3n) is 3.26. The fourth-order valence-electron chi connectivity index (χ4n) is 2.27. The summed E-state index contributed by atoms with van der Waals surface area (Å²) in [6.07, 6.45) is 0.962. The highest BCUT2D eigenvalue weighted by Gasteiger charge is 2.04. The van der Waals surface area contributed by atoms with Crippen molar-refractivity contribution in [2.45, 2.75) is 6.42 Å².